The third kappa shape index (κ3) is 4.17. The van der Waals surface area contributed by atoms with Crippen LogP contribution in [0.3, 0.4) is 0 Å². The summed E-state index contributed by atoms with van der Waals surface area (Å²) in [6.07, 6.45) is -4.96. The molecule has 4 nitrogen and oxygen atoms in total. The van der Waals surface area contributed by atoms with Crippen LogP contribution in [-0.4, -0.2) is 29.9 Å². The van der Waals surface area contributed by atoms with Crippen LogP contribution in [0.1, 0.15) is 25.1 Å². The van der Waals surface area contributed by atoms with E-state index >= 15 is 0 Å². The van der Waals surface area contributed by atoms with Gasteiger partial charge in [-0.1, -0.05) is 0 Å². The van der Waals surface area contributed by atoms with Gasteiger partial charge in [0.2, 0.25) is 0 Å². The van der Waals surface area contributed by atoms with E-state index < -0.39 is 38.7 Å². The van der Waals surface area contributed by atoms with E-state index in [4.69, 9.17) is 0 Å². The molecule has 0 aliphatic heterocycles. The second-order valence-corrected chi connectivity index (χ2v) is 6.65. The van der Waals surface area contributed by atoms with Crippen molar-refractivity contribution in [2.24, 2.45) is 0 Å². The second-order valence-electron chi connectivity index (χ2n) is 4.29. The monoisotopic (exact) mass is 297 g/mol. The zero-order valence-corrected chi connectivity index (χ0v) is 11.2. The summed E-state index contributed by atoms with van der Waals surface area (Å²) in [6.45, 7) is 2.67. The van der Waals surface area contributed by atoms with Gasteiger partial charge in [0.1, 0.15) is 0 Å². The van der Waals surface area contributed by atoms with E-state index in [0.717, 1.165) is 12.1 Å². The Morgan fingerprint density at radius 3 is 2.26 bits per heavy atom. The van der Waals surface area contributed by atoms with Crippen LogP contribution in [-0.2, 0) is 21.8 Å². The summed E-state index contributed by atoms with van der Waals surface area (Å²) < 4.78 is 60.5. The molecular formula is C11H14F3NO3S. The van der Waals surface area contributed by atoms with Crippen molar-refractivity contribution in [1.29, 1.82) is 0 Å². The molecule has 0 radical (unpaired) electrons. The first-order chi connectivity index (χ1) is 8.54. The highest BCUT2D eigenvalue weighted by atomic mass is 32.2. The maximum Gasteiger partial charge on any atom is 0.417 e. The van der Waals surface area contributed by atoms with Crippen molar-refractivity contribution in [1.82, 2.24) is 4.98 Å². The zero-order chi connectivity index (χ0) is 14.8. The number of aliphatic hydroxyl groups is 1. The standard InChI is InChI=1S/C11H14F3NO3S/c1-7(16)8(2)19(17,18)6-10-4-3-9(5-15-10)11(12,13)14/h3-5,7-8,16H,6H2,1-2H3. The minimum atomic E-state index is -4.50. The number of halogens is 3. The molecular weight excluding hydrogens is 283 g/mol. The van der Waals surface area contributed by atoms with Gasteiger partial charge in [0.15, 0.2) is 9.84 Å². The largest absolute Gasteiger partial charge is 0.417 e. The van der Waals surface area contributed by atoms with Gasteiger partial charge in [-0.05, 0) is 26.0 Å². The number of sulfone groups is 1. The molecule has 19 heavy (non-hydrogen) atoms. The van der Waals surface area contributed by atoms with Crippen molar-refractivity contribution < 1.29 is 26.7 Å². The van der Waals surface area contributed by atoms with Crippen LogP contribution in [0.15, 0.2) is 18.3 Å². The van der Waals surface area contributed by atoms with Crippen LogP contribution in [0.2, 0.25) is 0 Å². The van der Waals surface area contributed by atoms with E-state index in [1.165, 1.54) is 13.8 Å². The lowest BCUT2D eigenvalue weighted by atomic mass is 10.2. The Kier molecular flexibility index (Phi) is 4.57. The Morgan fingerprint density at radius 1 is 1.32 bits per heavy atom. The zero-order valence-electron chi connectivity index (χ0n) is 10.3. The minimum Gasteiger partial charge on any atom is -0.392 e. The Balaban J connectivity index is 2.90. The topological polar surface area (TPSA) is 67.3 Å². The molecule has 0 amide bonds. The molecule has 2 atom stereocenters. The van der Waals surface area contributed by atoms with Gasteiger partial charge in [0, 0.05) is 6.20 Å². The number of aromatic nitrogens is 1. The third-order valence-corrected chi connectivity index (χ3v) is 4.97. The Labute approximate surface area is 109 Å². The van der Waals surface area contributed by atoms with Gasteiger partial charge in [0.05, 0.1) is 28.4 Å². The van der Waals surface area contributed by atoms with Crippen LogP contribution >= 0.6 is 0 Å². The maximum absolute atomic E-state index is 12.3. The quantitative estimate of drug-likeness (QED) is 0.920. The molecule has 1 rings (SSSR count). The molecule has 0 saturated carbocycles. The molecule has 1 N–H and O–H groups in total. The first-order valence-corrected chi connectivity index (χ1v) is 7.17. The fourth-order valence-corrected chi connectivity index (χ4v) is 2.76. The summed E-state index contributed by atoms with van der Waals surface area (Å²) in [5.74, 6) is -0.503. The lowest BCUT2D eigenvalue weighted by molar-refractivity contribution is -0.137. The van der Waals surface area contributed by atoms with E-state index in [0.29, 0.717) is 6.20 Å². The molecule has 8 heteroatoms. The van der Waals surface area contributed by atoms with Gasteiger partial charge in [-0.25, -0.2) is 8.42 Å². The van der Waals surface area contributed by atoms with Crippen LogP contribution < -0.4 is 0 Å². The van der Waals surface area contributed by atoms with Gasteiger partial charge in [0.25, 0.3) is 0 Å². The smallest absolute Gasteiger partial charge is 0.392 e. The van der Waals surface area contributed by atoms with E-state index in [9.17, 15) is 26.7 Å². The fourth-order valence-electron chi connectivity index (χ4n) is 1.32. The molecule has 0 bridgehead atoms. The van der Waals surface area contributed by atoms with Crippen molar-refractivity contribution in [3.05, 3.63) is 29.6 Å². The summed E-state index contributed by atoms with van der Waals surface area (Å²) in [4.78, 5) is 3.49. The predicted molar refractivity (Wildman–Crippen MR) is 63.0 cm³/mol. The van der Waals surface area contributed by atoms with Crippen LogP contribution in [0.5, 0.6) is 0 Å². The number of nitrogens with zero attached hydrogens (tertiary/aromatic N) is 1. The lowest BCUT2D eigenvalue weighted by Crippen LogP contribution is -2.30. The van der Waals surface area contributed by atoms with Crippen LogP contribution in [0.25, 0.3) is 0 Å². The molecule has 0 spiro atoms. The van der Waals surface area contributed by atoms with E-state index in [1.807, 2.05) is 0 Å². The SMILES string of the molecule is CC(O)C(C)S(=O)(=O)Cc1ccc(C(F)(F)F)cn1. The molecule has 2 unspecified atom stereocenters. The molecule has 0 aliphatic carbocycles. The van der Waals surface area contributed by atoms with E-state index in [2.05, 4.69) is 4.98 Å². The normalized spacial score (nSPS) is 16.1. The summed E-state index contributed by atoms with van der Waals surface area (Å²) >= 11 is 0. The molecule has 1 heterocycles. The third-order valence-electron chi connectivity index (χ3n) is 2.75. The van der Waals surface area contributed by atoms with Crippen molar-refractivity contribution in [3.63, 3.8) is 0 Å². The minimum absolute atomic E-state index is 0.0144. The number of pyridine rings is 1. The van der Waals surface area contributed by atoms with Crippen molar-refractivity contribution in [2.75, 3.05) is 0 Å². The summed E-state index contributed by atoms with van der Waals surface area (Å²) in [5.41, 5.74) is -0.919. The van der Waals surface area contributed by atoms with E-state index in [1.54, 1.807) is 0 Å². The predicted octanol–water partition coefficient (Wildman–Crippen LogP) is 1.78. The van der Waals surface area contributed by atoms with Gasteiger partial charge in [-0.2, -0.15) is 13.2 Å². The first kappa shape index (κ1) is 15.9. The molecule has 1 aromatic rings. The molecule has 0 aliphatic rings. The average Bonchev–Trinajstić information content (AvgIpc) is 2.26. The lowest BCUT2D eigenvalue weighted by Gasteiger charge is -2.15. The number of rotatable bonds is 4. The first-order valence-electron chi connectivity index (χ1n) is 5.46. The highest BCUT2D eigenvalue weighted by molar-refractivity contribution is 7.91. The fraction of sp³-hybridized carbons (Fsp3) is 0.545. The van der Waals surface area contributed by atoms with Crippen molar-refractivity contribution >= 4 is 9.84 Å². The van der Waals surface area contributed by atoms with Gasteiger partial charge in [-0.15, -0.1) is 0 Å². The molecule has 1 aromatic heterocycles. The molecule has 0 aromatic carbocycles. The van der Waals surface area contributed by atoms with E-state index in [-0.39, 0.29) is 5.69 Å². The Bertz CT molecular complexity index is 523. The van der Waals surface area contributed by atoms with Crippen molar-refractivity contribution in [2.45, 2.75) is 37.1 Å². The molecule has 0 fully saturated rings. The highest BCUT2D eigenvalue weighted by Crippen LogP contribution is 2.28. The average molecular weight is 297 g/mol. The highest BCUT2D eigenvalue weighted by Gasteiger charge is 2.31. The van der Waals surface area contributed by atoms with Gasteiger partial charge in [-0.3, -0.25) is 4.98 Å². The summed E-state index contributed by atoms with van der Waals surface area (Å²) in [6, 6.07) is 1.81. The number of alkyl halides is 3. The Morgan fingerprint density at radius 2 is 1.89 bits per heavy atom. The molecule has 0 saturated heterocycles. The van der Waals surface area contributed by atoms with Crippen LogP contribution in [0.4, 0.5) is 13.2 Å². The number of aliphatic hydroxyl groups excluding tert-OH is 1. The van der Waals surface area contributed by atoms with Crippen molar-refractivity contribution in [3.8, 4) is 0 Å². The summed E-state index contributed by atoms with van der Waals surface area (Å²) in [5, 5.41) is 8.23. The van der Waals surface area contributed by atoms with Gasteiger partial charge >= 0.3 is 6.18 Å². The van der Waals surface area contributed by atoms with Gasteiger partial charge < -0.3 is 5.11 Å². The number of hydrogen-bond donors (Lipinski definition) is 1. The number of hydrogen-bond acceptors (Lipinski definition) is 4. The molecule has 108 valence electrons. The second kappa shape index (κ2) is 5.46. The maximum atomic E-state index is 12.3. The Hall–Kier alpha value is -1.15. The summed E-state index contributed by atoms with van der Waals surface area (Å²) in [7, 11) is -3.65. The van der Waals surface area contributed by atoms with Crippen LogP contribution in [0, 0.1) is 0 Å².